The Labute approximate surface area is 134 Å². The maximum absolute atomic E-state index is 4.24. The van der Waals surface area contributed by atoms with Crippen molar-refractivity contribution in [2.24, 2.45) is 10.9 Å². The number of benzene rings is 1. The summed E-state index contributed by atoms with van der Waals surface area (Å²) in [6.07, 6.45) is 1.15. The van der Waals surface area contributed by atoms with Crippen LogP contribution >= 0.6 is 24.0 Å². The Kier molecular flexibility index (Phi) is 9.65. The van der Waals surface area contributed by atoms with Gasteiger partial charge in [0.05, 0.1) is 6.04 Å². The van der Waals surface area contributed by atoms with Crippen molar-refractivity contribution in [3.63, 3.8) is 0 Å². The molecule has 2 N–H and O–H groups in total. The zero-order valence-electron chi connectivity index (χ0n) is 12.3. The zero-order valence-corrected chi connectivity index (χ0v) is 14.6. The Morgan fingerprint density at radius 1 is 1.16 bits per heavy atom. The van der Waals surface area contributed by atoms with Crippen LogP contribution in [0.1, 0.15) is 38.8 Å². The lowest BCUT2D eigenvalue weighted by molar-refractivity contribution is 0.569. The zero-order chi connectivity index (χ0) is 13.4. The van der Waals surface area contributed by atoms with E-state index in [1.165, 1.54) is 5.56 Å². The number of nitrogens with one attached hydrogen (secondary N) is 2. The van der Waals surface area contributed by atoms with E-state index < -0.39 is 0 Å². The van der Waals surface area contributed by atoms with Crippen molar-refractivity contribution < 1.29 is 0 Å². The molecule has 1 unspecified atom stereocenters. The number of hydrogen-bond donors (Lipinski definition) is 2. The third-order valence-electron chi connectivity index (χ3n) is 2.89. The van der Waals surface area contributed by atoms with Gasteiger partial charge in [0.15, 0.2) is 5.96 Å². The second-order valence-corrected chi connectivity index (χ2v) is 4.96. The van der Waals surface area contributed by atoms with Gasteiger partial charge in [-0.15, -0.1) is 24.0 Å². The average molecular weight is 375 g/mol. The maximum Gasteiger partial charge on any atom is 0.191 e. The third kappa shape index (κ3) is 7.40. The summed E-state index contributed by atoms with van der Waals surface area (Å²) in [5.74, 6) is 1.58. The summed E-state index contributed by atoms with van der Waals surface area (Å²) in [6.45, 7) is 7.55. The number of guanidine groups is 1. The molecule has 108 valence electrons. The smallest absolute Gasteiger partial charge is 0.191 e. The lowest BCUT2D eigenvalue weighted by Gasteiger charge is -2.18. The lowest BCUT2D eigenvalue weighted by Crippen LogP contribution is -2.39. The van der Waals surface area contributed by atoms with E-state index in [0.29, 0.717) is 5.92 Å². The Morgan fingerprint density at radius 2 is 1.79 bits per heavy atom. The van der Waals surface area contributed by atoms with E-state index in [0.717, 1.165) is 18.9 Å². The van der Waals surface area contributed by atoms with E-state index in [2.05, 4.69) is 60.7 Å². The summed E-state index contributed by atoms with van der Waals surface area (Å²) in [6, 6.07) is 10.7. The second-order valence-electron chi connectivity index (χ2n) is 4.96. The highest BCUT2D eigenvalue weighted by Crippen LogP contribution is 2.10. The first-order valence-electron chi connectivity index (χ1n) is 6.65. The maximum atomic E-state index is 4.24. The predicted molar refractivity (Wildman–Crippen MR) is 94.2 cm³/mol. The summed E-state index contributed by atoms with van der Waals surface area (Å²) in [5, 5.41) is 6.74. The van der Waals surface area contributed by atoms with Crippen LogP contribution < -0.4 is 10.6 Å². The number of halogens is 1. The Hall–Kier alpha value is -0.780. The van der Waals surface area contributed by atoms with Gasteiger partial charge < -0.3 is 10.6 Å². The van der Waals surface area contributed by atoms with Gasteiger partial charge in [-0.05, 0) is 24.8 Å². The minimum Gasteiger partial charge on any atom is -0.356 e. The second kappa shape index (κ2) is 10.1. The van der Waals surface area contributed by atoms with E-state index in [-0.39, 0.29) is 30.0 Å². The quantitative estimate of drug-likeness (QED) is 0.469. The van der Waals surface area contributed by atoms with Crippen LogP contribution in [0.5, 0.6) is 0 Å². The Balaban J connectivity index is 0.00000324. The minimum absolute atomic E-state index is 0. The first-order valence-corrected chi connectivity index (χ1v) is 6.65. The molecule has 0 aromatic heterocycles. The number of aliphatic imine (C=N–C) groups is 1. The summed E-state index contributed by atoms with van der Waals surface area (Å²) in [5.41, 5.74) is 1.27. The van der Waals surface area contributed by atoms with Crippen molar-refractivity contribution in [2.45, 2.75) is 33.2 Å². The van der Waals surface area contributed by atoms with Gasteiger partial charge in [-0.1, -0.05) is 44.2 Å². The molecular formula is C15H26IN3. The highest BCUT2D eigenvalue weighted by molar-refractivity contribution is 14.0. The van der Waals surface area contributed by atoms with Gasteiger partial charge >= 0.3 is 0 Å². The largest absolute Gasteiger partial charge is 0.356 e. The first-order chi connectivity index (χ1) is 8.63. The van der Waals surface area contributed by atoms with Crippen molar-refractivity contribution in [1.29, 1.82) is 0 Å². The monoisotopic (exact) mass is 375 g/mol. The van der Waals surface area contributed by atoms with Gasteiger partial charge in [0.25, 0.3) is 0 Å². The van der Waals surface area contributed by atoms with Crippen LogP contribution in [0.4, 0.5) is 0 Å². The molecule has 3 nitrogen and oxygen atoms in total. The molecule has 1 aromatic rings. The topological polar surface area (TPSA) is 36.4 Å². The molecule has 0 aliphatic heterocycles. The van der Waals surface area contributed by atoms with Crippen LogP contribution in [0.3, 0.4) is 0 Å². The first kappa shape index (κ1) is 18.2. The molecule has 1 aromatic carbocycles. The van der Waals surface area contributed by atoms with Crippen LogP contribution in [-0.2, 0) is 0 Å². The molecule has 0 saturated carbocycles. The summed E-state index contributed by atoms with van der Waals surface area (Å²) in [4.78, 5) is 4.24. The van der Waals surface area contributed by atoms with E-state index in [9.17, 15) is 0 Å². The normalized spacial score (nSPS) is 12.8. The SMILES string of the molecule is CN=C(NCCC(C)C)NC(C)c1ccccc1.I. The van der Waals surface area contributed by atoms with Crippen molar-refractivity contribution in [3.8, 4) is 0 Å². The molecule has 0 aliphatic rings. The van der Waals surface area contributed by atoms with Crippen LogP contribution in [0.15, 0.2) is 35.3 Å². The van der Waals surface area contributed by atoms with Crippen LogP contribution in [-0.4, -0.2) is 19.6 Å². The molecule has 19 heavy (non-hydrogen) atoms. The van der Waals surface area contributed by atoms with Gasteiger partial charge in [0.1, 0.15) is 0 Å². The molecule has 0 aliphatic carbocycles. The Bertz CT molecular complexity index is 363. The number of hydrogen-bond acceptors (Lipinski definition) is 1. The fourth-order valence-corrected chi connectivity index (χ4v) is 1.70. The van der Waals surface area contributed by atoms with Crippen molar-refractivity contribution in [2.75, 3.05) is 13.6 Å². The van der Waals surface area contributed by atoms with E-state index in [4.69, 9.17) is 0 Å². The molecule has 0 amide bonds. The van der Waals surface area contributed by atoms with Crippen LogP contribution in [0, 0.1) is 5.92 Å². The van der Waals surface area contributed by atoms with Gasteiger partial charge in [0.2, 0.25) is 0 Å². The molecule has 0 bridgehead atoms. The van der Waals surface area contributed by atoms with Gasteiger partial charge in [0, 0.05) is 13.6 Å². The van der Waals surface area contributed by atoms with Crippen molar-refractivity contribution in [3.05, 3.63) is 35.9 Å². The summed E-state index contributed by atoms with van der Waals surface area (Å²) >= 11 is 0. The molecule has 0 saturated heterocycles. The van der Waals surface area contributed by atoms with Crippen LogP contribution in [0.2, 0.25) is 0 Å². The third-order valence-corrected chi connectivity index (χ3v) is 2.89. The highest BCUT2D eigenvalue weighted by Gasteiger charge is 2.06. The van der Waals surface area contributed by atoms with Gasteiger partial charge in [-0.2, -0.15) is 0 Å². The average Bonchev–Trinajstić information content (AvgIpc) is 2.38. The molecule has 0 spiro atoms. The Morgan fingerprint density at radius 3 is 2.32 bits per heavy atom. The standard InChI is InChI=1S/C15H25N3.HI/c1-12(2)10-11-17-15(16-4)18-13(3)14-8-6-5-7-9-14;/h5-9,12-13H,10-11H2,1-4H3,(H2,16,17,18);1H. The molecule has 1 rings (SSSR count). The van der Waals surface area contributed by atoms with E-state index >= 15 is 0 Å². The van der Waals surface area contributed by atoms with E-state index in [1.54, 1.807) is 0 Å². The fourth-order valence-electron chi connectivity index (χ4n) is 1.70. The molecule has 1 atom stereocenters. The summed E-state index contributed by atoms with van der Waals surface area (Å²) in [7, 11) is 1.81. The van der Waals surface area contributed by atoms with Gasteiger partial charge in [-0.25, -0.2) is 0 Å². The van der Waals surface area contributed by atoms with E-state index in [1.807, 2.05) is 13.1 Å². The molecule has 0 fully saturated rings. The van der Waals surface area contributed by atoms with Crippen molar-refractivity contribution in [1.82, 2.24) is 10.6 Å². The van der Waals surface area contributed by atoms with Gasteiger partial charge in [-0.3, -0.25) is 4.99 Å². The molecule has 0 radical (unpaired) electrons. The van der Waals surface area contributed by atoms with Crippen LogP contribution in [0.25, 0.3) is 0 Å². The molecular weight excluding hydrogens is 349 g/mol. The van der Waals surface area contributed by atoms with Crippen molar-refractivity contribution >= 4 is 29.9 Å². The molecule has 0 heterocycles. The minimum atomic E-state index is 0. The summed E-state index contributed by atoms with van der Waals surface area (Å²) < 4.78 is 0. The highest BCUT2D eigenvalue weighted by atomic mass is 127. The number of nitrogens with zero attached hydrogens (tertiary/aromatic N) is 1. The molecule has 4 heteroatoms. The number of rotatable bonds is 5. The fraction of sp³-hybridized carbons (Fsp3) is 0.533. The lowest BCUT2D eigenvalue weighted by atomic mass is 10.1. The predicted octanol–water partition coefficient (Wildman–Crippen LogP) is 3.58.